The van der Waals surface area contributed by atoms with Gasteiger partial charge in [-0.25, -0.2) is 0 Å². The summed E-state index contributed by atoms with van der Waals surface area (Å²) >= 11 is 0. The third-order valence-electron chi connectivity index (χ3n) is 3.04. The summed E-state index contributed by atoms with van der Waals surface area (Å²) < 4.78 is 31.5. The second kappa shape index (κ2) is 5.24. The number of aromatic hydroxyl groups is 1. The molecular formula is C14H11N3O4S. The van der Waals surface area contributed by atoms with Crippen LogP contribution in [0.1, 0.15) is 0 Å². The maximum absolute atomic E-state index is 11.2. The first-order valence-corrected chi connectivity index (χ1v) is 7.68. The average Bonchev–Trinajstić information content (AvgIpc) is 2.80. The summed E-state index contributed by atoms with van der Waals surface area (Å²) in [5.41, 5.74) is 1.17. The van der Waals surface area contributed by atoms with Gasteiger partial charge in [0.15, 0.2) is 5.69 Å². The summed E-state index contributed by atoms with van der Waals surface area (Å²) in [5.74, 6) is -0.234. The molecule has 0 saturated carbocycles. The SMILES string of the molecule is O=S(=O)(O)c1ccc2[nH]c(O)c(N=Nc3ccccc3)c2c1. The van der Waals surface area contributed by atoms with Crippen LogP contribution < -0.4 is 0 Å². The Morgan fingerprint density at radius 3 is 2.41 bits per heavy atom. The van der Waals surface area contributed by atoms with E-state index in [4.69, 9.17) is 4.55 Å². The second-order valence-electron chi connectivity index (χ2n) is 4.54. The van der Waals surface area contributed by atoms with E-state index in [1.165, 1.54) is 18.2 Å². The number of H-pyrrole nitrogens is 1. The van der Waals surface area contributed by atoms with Crippen LogP contribution in [0.3, 0.4) is 0 Å². The fraction of sp³-hybridized carbons (Fsp3) is 0. The van der Waals surface area contributed by atoms with Crippen molar-refractivity contribution in [3.63, 3.8) is 0 Å². The molecule has 7 nitrogen and oxygen atoms in total. The number of aromatic nitrogens is 1. The fourth-order valence-electron chi connectivity index (χ4n) is 2.01. The van der Waals surface area contributed by atoms with E-state index in [0.717, 1.165) is 0 Å². The lowest BCUT2D eigenvalue weighted by Gasteiger charge is -1.97. The minimum Gasteiger partial charge on any atom is -0.493 e. The van der Waals surface area contributed by atoms with Crippen LogP contribution in [0.2, 0.25) is 0 Å². The van der Waals surface area contributed by atoms with Gasteiger partial charge in [0.2, 0.25) is 5.88 Å². The lowest BCUT2D eigenvalue weighted by atomic mass is 10.2. The molecule has 0 aliphatic heterocycles. The highest BCUT2D eigenvalue weighted by molar-refractivity contribution is 7.85. The Hall–Kier alpha value is -2.71. The smallest absolute Gasteiger partial charge is 0.294 e. The van der Waals surface area contributed by atoms with Crippen molar-refractivity contribution in [1.82, 2.24) is 4.98 Å². The number of benzene rings is 2. The van der Waals surface area contributed by atoms with Crippen LogP contribution in [0.5, 0.6) is 5.88 Å². The Kier molecular flexibility index (Phi) is 3.39. The normalized spacial score (nSPS) is 12.2. The molecular weight excluding hydrogens is 306 g/mol. The minimum atomic E-state index is -4.34. The largest absolute Gasteiger partial charge is 0.493 e. The zero-order chi connectivity index (χ0) is 15.7. The first-order valence-electron chi connectivity index (χ1n) is 6.24. The van der Waals surface area contributed by atoms with Gasteiger partial charge in [-0.3, -0.25) is 4.55 Å². The van der Waals surface area contributed by atoms with Crippen LogP contribution in [0.4, 0.5) is 11.4 Å². The van der Waals surface area contributed by atoms with Crippen LogP contribution in [0.25, 0.3) is 10.9 Å². The molecule has 0 atom stereocenters. The molecule has 0 aliphatic carbocycles. The summed E-state index contributed by atoms with van der Waals surface area (Å²) in [6.07, 6.45) is 0. The number of fused-ring (bicyclic) bond motifs is 1. The van der Waals surface area contributed by atoms with Crippen molar-refractivity contribution in [1.29, 1.82) is 0 Å². The number of hydrogen-bond donors (Lipinski definition) is 3. The third-order valence-corrected chi connectivity index (χ3v) is 3.89. The van der Waals surface area contributed by atoms with Gasteiger partial charge in [0.05, 0.1) is 16.1 Å². The lowest BCUT2D eigenvalue weighted by molar-refractivity contribution is 0.459. The first-order chi connectivity index (χ1) is 10.4. The Morgan fingerprint density at radius 2 is 1.73 bits per heavy atom. The molecule has 0 radical (unpaired) electrons. The molecule has 0 bridgehead atoms. The monoisotopic (exact) mass is 317 g/mol. The summed E-state index contributed by atoms with van der Waals surface area (Å²) in [6, 6.07) is 12.8. The fourth-order valence-corrected chi connectivity index (χ4v) is 2.51. The van der Waals surface area contributed by atoms with E-state index in [9.17, 15) is 13.5 Å². The standard InChI is InChI=1S/C14H11N3O4S/c18-14-13(17-16-9-4-2-1-3-5-9)11-8-10(22(19,20)21)6-7-12(11)15-14/h1-8,15,18H,(H,19,20,21). The van der Waals surface area contributed by atoms with E-state index in [-0.39, 0.29) is 16.5 Å². The molecule has 1 heterocycles. The van der Waals surface area contributed by atoms with Gasteiger partial charge in [-0.05, 0) is 30.3 Å². The first kappa shape index (κ1) is 14.2. The number of aromatic amines is 1. The molecule has 3 N–H and O–H groups in total. The van der Waals surface area contributed by atoms with Gasteiger partial charge in [0, 0.05) is 5.39 Å². The summed E-state index contributed by atoms with van der Waals surface area (Å²) in [6.45, 7) is 0. The van der Waals surface area contributed by atoms with E-state index >= 15 is 0 Å². The molecule has 1 aromatic heterocycles. The minimum absolute atomic E-state index is 0.101. The van der Waals surface area contributed by atoms with Gasteiger partial charge in [0.1, 0.15) is 0 Å². The third kappa shape index (κ3) is 2.69. The van der Waals surface area contributed by atoms with Crippen molar-refractivity contribution in [2.45, 2.75) is 4.90 Å². The topological polar surface area (TPSA) is 115 Å². The van der Waals surface area contributed by atoms with Crippen molar-refractivity contribution in [3.05, 3.63) is 48.5 Å². The number of azo groups is 1. The summed E-state index contributed by atoms with van der Waals surface area (Å²) in [7, 11) is -4.34. The zero-order valence-corrected chi connectivity index (χ0v) is 11.9. The predicted octanol–water partition coefficient (Wildman–Crippen LogP) is 3.54. The maximum Gasteiger partial charge on any atom is 0.294 e. The van der Waals surface area contributed by atoms with Crippen molar-refractivity contribution < 1.29 is 18.1 Å². The highest BCUT2D eigenvalue weighted by Crippen LogP contribution is 2.37. The van der Waals surface area contributed by atoms with Crippen LogP contribution in [-0.4, -0.2) is 23.1 Å². The molecule has 2 aromatic carbocycles. The highest BCUT2D eigenvalue weighted by Gasteiger charge is 2.15. The van der Waals surface area contributed by atoms with E-state index in [2.05, 4.69) is 15.2 Å². The maximum atomic E-state index is 11.2. The van der Waals surface area contributed by atoms with Gasteiger partial charge in [-0.15, -0.1) is 5.11 Å². The number of nitrogens with zero attached hydrogens (tertiary/aromatic N) is 2. The van der Waals surface area contributed by atoms with Crippen molar-refractivity contribution in [3.8, 4) is 5.88 Å². The molecule has 0 aliphatic rings. The van der Waals surface area contributed by atoms with Crippen LogP contribution in [0.15, 0.2) is 63.7 Å². The van der Waals surface area contributed by atoms with Gasteiger partial charge >= 0.3 is 0 Å². The Balaban J connectivity index is 2.12. The van der Waals surface area contributed by atoms with E-state index in [0.29, 0.717) is 16.6 Å². The van der Waals surface area contributed by atoms with E-state index in [1.807, 2.05) is 6.07 Å². The van der Waals surface area contributed by atoms with E-state index in [1.54, 1.807) is 24.3 Å². The van der Waals surface area contributed by atoms with Crippen LogP contribution in [0, 0.1) is 0 Å². The molecule has 0 saturated heterocycles. The Bertz CT molecular complexity index is 962. The van der Waals surface area contributed by atoms with Crippen LogP contribution in [-0.2, 0) is 10.1 Å². The number of hydrogen-bond acceptors (Lipinski definition) is 5. The van der Waals surface area contributed by atoms with Gasteiger partial charge in [-0.1, -0.05) is 18.2 Å². The van der Waals surface area contributed by atoms with Crippen molar-refractivity contribution in [2.75, 3.05) is 0 Å². The summed E-state index contributed by atoms with van der Waals surface area (Å²) in [5, 5.41) is 18.2. The molecule has 3 aromatic rings. The van der Waals surface area contributed by atoms with Gasteiger partial charge in [-0.2, -0.15) is 13.5 Å². The quantitative estimate of drug-likeness (QED) is 0.506. The highest BCUT2D eigenvalue weighted by atomic mass is 32.2. The van der Waals surface area contributed by atoms with Gasteiger partial charge in [0.25, 0.3) is 10.1 Å². The Labute approximate surface area is 125 Å². The average molecular weight is 317 g/mol. The molecule has 22 heavy (non-hydrogen) atoms. The van der Waals surface area contributed by atoms with Crippen LogP contribution >= 0.6 is 0 Å². The molecule has 8 heteroatoms. The molecule has 112 valence electrons. The summed E-state index contributed by atoms with van der Waals surface area (Å²) in [4.78, 5) is 2.39. The molecule has 0 fully saturated rings. The number of nitrogens with one attached hydrogen (secondary N) is 1. The van der Waals surface area contributed by atoms with Gasteiger partial charge < -0.3 is 10.1 Å². The molecule has 0 unspecified atom stereocenters. The molecule has 0 spiro atoms. The second-order valence-corrected chi connectivity index (χ2v) is 5.96. The number of rotatable bonds is 3. The zero-order valence-electron chi connectivity index (χ0n) is 11.1. The Morgan fingerprint density at radius 1 is 1.00 bits per heavy atom. The van der Waals surface area contributed by atoms with Crippen molar-refractivity contribution >= 4 is 32.4 Å². The lowest BCUT2D eigenvalue weighted by Crippen LogP contribution is -1.96. The molecule has 0 amide bonds. The van der Waals surface area contributed by atoms with E-state index < -0.39 is 10.1 Å². The predicted molar refractivity (Wildman–Crippen MR) is 80.4 cm³/mol. The van der Waals surface area contributed by atoms with Crippen molar-refractivity contribution in [2.24, 2.45) is 10.2 Å². The molecule has 3 rings (SSSR count).